The molecule has 0 fully saturated rings. The number of aliphatic hydroxyl groups is 1. The van der Waals surface area contributed by atoms with Crippen LogP contribution in [0.25, 0.3) is 0 Å². The van der Waals surface area contributed by atoms with E-state index in [1.807, 2.05) is 20.8 Å². The number of esters is 1. The highest BCUT2D eigenvalue weighted by atomic mass is 16.5. The Labute approximate surface area is 119 Å². The lowest BCUT2D eigenvalue weighted by Gasteiger charge is -2.35. The number of ether oxygens (including phenoxy) is 1. The summed E-state index contributed by atoms with van der Waals surface area (Å²) in [5, 5.41) is 10.3. The zero-order valence-electron chi connectivity index (χ0n) is 13.0. The molecule has 5 nitrogen and oxygen atoms in total. The third-order valence-corrected chi connectivity index (χ3v) is 3.27. The molecule has 0 aromatic rings. The molecule has 0 unspecified atom stereocenters. The minimum absolute atomic E-state index is 0.106. The molecule has 0 aromatic carbocycles. The fourth-order valence-electron chi connectivity index (χ4n) is 2.22. The Morgan fingerprint density at radius 3 is 2.45 bits per heavy atom. The maximum absolute atomic E-state index is 12.1. The van der Waals surface area contributed by atoms with Crippen LogP contribution in [0.5, 0.6) is 0 Å². The number of allylic oxidation sites excluding steroid dienone is 1. The summed E-state index contributed by atoms with van der Waals surface area (Å²) < 4.78 is 4.74. The number of rotatable bonds is 2. The summed E-state index contributed by atoms with van der Waals surface area (Å²) in [6.45, 7) is 9.18. The molecule has 1 atom stereocenters. The van der Waals surface area contributed by atoms with Crippen LogP contribution in [0.3, 0.4) is 0 Å². The number of hydrogen-bond acceptors (Lipinski definition) is 5. The van der Waals surface area contributed by atoms with E-state index in [0.29, 0.717) is 0 Å². The fraction of sp³-hybridized carbons (Fsp3) is 0.667. The van der Waals surface area contributed by atoms with Crippen LogP contribution in [0.15, 0.2) is 16.3 Å². The van der Waals surface area contributed by atoms with Gasteiger partial charge in [-0.15, -0.1) is 0 Å². The van der Waals surface area contributed by atoms with Crippen LogP contribution in [0, 0.1) is 11.3 Å². The van der Waals surface area contributed by atoms with Gasteiger partial charge in [0.1, 0.15) is 11.7 Å². The smallest absolute Gasteiger partial charge is 0.316 e. The van der Waals surface area contributed by atoms with Gasteiger partial charge in [-0.05, 0) is 26.2 Å². The summed E-state index contributed by atoms with van der Waals surface area (Å²) in [7, 11) is 1.27. The molecule has 1 rings (SSSR count). The molecule has 112 valence electrons. The van der Waals surface area contributed by atoms with E-state index in [1.54, 1.807) is 13.8 Å². The number of Topliss-reactive ketones (excluding diaryl/α,β-unsaturated/α-hetero) is 1. The van der Waals surface area contributed by atoms with Gasteiger partial charge in [0.25, 0.3) is 0 Å². The normalized spacial score (nSPS) is 23.3. The van der Waals surface area contributed by atoms with Crippen LogP contribution < -0.4 is 0 Å². The van der Waals surface area contributed by atoms with Crippen LogP contribution in [0.4, 0.5) is 0 Å². The molecule has 5 heteroatoms. The van der Waals surface area contributed by atoms with E-state index < -0.39 is 17.3 Å². The molecule has 1 aliphatic rings. The molecule has 0 spiro atoms. The standard InChI is InChI=1S/C15H23NO4/c1-14(2,3)16-8-9-10(17)7-15(4,5)11(12(9)18)13(19)20-6/h8,11,18H,7H2,1-6H3/t11-/m0/s1. The predicted octanol–water partition coefficient (Wildman–Crippen LogP) is 2.46. The van der Waals surface area contributed by atoms with E-state index in [4.69, 9.17) is 4.74 Å². The summed E-state index contributed by atoms with van der Waals surface area (Å²) in [5.41, 5.74) is -0.927. The van der Waals surface area contributed by atoms with Crippen molar-refractivity contribution in [3.8, 4) is 0 Å². The van der Waals surface area contributed by atoms with E-state index in [-0.39, 0.29) is 29.1 Å². The van der Waals surface area contributed by atoms with Gasteiger partial charge in [-0.25, -0.2) is 0 Å². The minimum atomic E-state index is -0.841. The lowest BCUT2D eigenvalue weighted by Crippen LogP contribution is -2.40. The number of carbonyl (C=O) groups is 2. The highest BCUT2D eigenvalue weighted by Gasteiger charge is 2.46. The Kier molecular flexibility index (Phi) is 4.42. The van der Waals surface area contributed by atoms with Crippen molar-refractivity contribution in [2.45, 2.75) is 46.6 Å². The second-order valence-electron chi connectivity index (χ2n) is 6.77. The lowest BCUT2D eigenvalue weighted by atomic mass is 9.68. The van der Waals surface area contributed by atoms with Gasteiger partial charge in [-0.3, -0.25) is 14.6 Å². The zero-order valence-corrected chi connectivity index (χ0v) is 13.0. The van der Waals surface area contributed by atoms with Gasteiger partial charge >= 0.3 is 5.97 Å². The largest absolute Gasteiger partial charge is 0.511 e. The van der Waals surface area contributed by atoms with Crippen molar-refractivity contribution in [2.75, 3.05) is 7.11 Å². The first kappa shape index (κ1) is 16.4. The number of methoxy groups -OCH3 is 1. The Bertz CT molecular complexity index is 481. The molecule has 0 radical (unpaired) electrons. The molecule has 0 saturated carbocycles. The van der Waals surface area contributed by atoms with Crippen LogP contribution in [0.1, 0.15) is 41.0 Å². The van der Waals surface area contributed by atoms with Crippen LogP contribution in [-0.4, -0.2) is 35.7 Å². The number of aliphatic hydroxyl groups excluding tert-OH is 1. The molecule has 0 aliphatic heterocycles. The highest BCUT2D eigenvalue weighted by Crippen LogP contribution is 2.41. The van der Waals surface area contributed by atoms with Crippen molar-refractivity contribution in [1.82, 2.24) is 0 Å². The highest BCUT2D eigenvalue weighted by molar-refractivity contribution is 6.15. The van der Waals surface area contributed by atoms with E-state index in [2.05, 4.69) is 4.99 Å². The Balaban J connectivity index is 3.30. The van der Waals surface area contributed by atoms with Gasteiger partial charge in [0.2, 0.25) is 0 Å². The SMILES string of the molecule is COC(=O)[C@@H]1C(O)=C(C=NC(C)(C)C)C(=O)CC1(C)C. The first-order valence-electron chi connectivity index (χ1n) is 6.59. The average molecular weight is 281 g/mol. The lowest BCUT2D eigenvalue weighted by molar-refractivity contribution is -0.150. The Hall–Kier alpha value is -1.65. The Morgan fingerprint density at radius 2 is 2.00 bits per heavy atom. The summed E-state index contributed by atoms with van der Waals surface area (Å²) in [6.07, 6.45) is 1.53. The van der Waals surface area contributed by atoms with Crippen LogP contribution in [0.2, 0.25) is 0 Å². The molecule has 0 amide bonds. The van der Waals surface area contributed by atoms with Crippen molar-refractivity contribution in [1.29, 1.82) is 0 Å². The average Bonchev–Trinajstić information content (AvgIpc) is 2.24. The summed E-state index contributed by atoms with van der Waals surface area (Å²) in [4.78, 5) is 28.2. The van der Waals surface area contributed by atoms with Gasteiger partial charge in [0.05, 0.1) is 18.2 Å². The maximum Gasteiger partial charge on any atom is 0.316 e. The second-order valence-corrected chi connectivity index (χ2v) is 6.77. The first-order valence-corrected chi connectivity index (χ1v) is 6.59. The number of ketones is 1. The molecular formula is C15H23NO4. The van der Waals surface area contributed by atoms with Gasteiger partial charge in [-0.2, -0.15) is 0 Å². The number of aliphatic imine (C=N–C) groups is 1. The summed E-state index contributed by atoms with van der Waals surface area (Å²) >= 11 is 0. The molecule has 0 aromatic heterocycles. The van der Waals surface area contributed by atoms with Crippen molar-refractivity contribution < 1.29 is 19.4 Å². The second kappa shape index (κ2) is 5.38. The number of hydrogen-bond donors (Lipinski definition) is 1. The first-order chi connectivity index (χ1) is 8.99. The predicted molar refractivity (Wildman–Crippen MR) is 76.8 cm³/mol. The number of carbonyl (C=O) groups excluding carboxylic acids is 2. The summed E-state index contributed by atoms with van der Waals surface area (Å²) in [5.74, 6) is -1.83. The van der Waals surface area contributed by atoms with Crippen molar-refractivity contribution in [2.24, 2.45) is 16.3 Å². The Morgan fingerprint density at radius 1 is 1.45 bits per heavy atom. The van der Waals surface area contributed by atoms with Gasteiger partial charge in [-0.1, -0.05) is 13.8 Å². The van der Waals surface area contributed by atoms with E-state index in [9.17, 15) is 14.7 Å². The molecule has 20 heavy (non-hydrogen) atoms. The molecule has 0 bridgehead atoms. The molecule has 1 N–H and O–H groups in total. The van der Waals surface area contributed by atoms with E-state index in [0.717, 1.165) is 0 Å². The van der Waals surface area contributed by atoms with Crippen molar-refractivity contribution >= 4 is 18.0 Å². The molecule has 0 saturated heterocycles. The third-order valence-electron chi connectivity index (χ3n) is 3.27. The van der Waals surface area contributed by atoms with Crippen molar-refractivity contribution in [3.63, 3.8) is 0 Å². The quantitative estimate of drug-likeness (QED) is 0.623. The van der Waals surface area contributed by atoms with Crippen LogP contribution in [-0.2, 0) is 14.3 Å². The molecular weight excluding hydrogens is 258 g/mol. The monoisotopic (exact) mass is 281 g/mol. The van der Waals surface area contributed by atoms with Gasteiger partial charge in [0.15, 0.2) is 5.78 Å². The minimum Gasteiger partial charge on any atom is -0.511 e. The topological polar surface area (TPSA) is 76.0 Å². The van der Waals surface area contributed by atoms with Gasteiger partial charge < -0.3 is 9.84 Å². The fourth-order valence-corrected chi connectivity index (χ4v) is 2.22. The third kappa shape index (κ3) is 3.46. The molecule has 0 heterocycles. The molecule has 1 aliphatic carbocycles. The summed E-state index contributed by atoms with van der Waals surface area (Å²) in [6, 6.07) is 0. The van der Waals surface area contributed by atoms with Crippen molar-refractivity contribution in [3.05, 3.63) is 11.3 Å². The number of nitrogens with zero attached hydrogens (tertiary/aromatic N) is 1. The van der Waals surface area contributed by atoms with E-state index in [1.165, 1.54) is 13.3 Å². The van der Waals surface area contributed by atoms with Crippen LogP contribution >= 0.6 is 0 Å². The maximum atomic E-state index is 12.1. The van der Waals surface area contributed by atoms with E-state index >= 15 is 0 Å². The van der Waals surface area contributed by atoms with Gasteiger partial charge in [0, 0.05) is 12.6 Å². The zero-order chi connectivity index (χ0) is 15.7.